The lowest BCUT2D eigenvalue weighted by Gasteiger charge is -2.24. The zero-order valence-electron chi connectivity index (χ0n) is 17.9. The number of rotatable bonds is 6. The predicted molar refractivity (Wildman–Crippen MR) is 119 cm³/mol. The van der Waals surface area contributed by atoms with E-state index in [-0.39, 0.29) is 17.9 Å². The van der Waals surface area contributed by atoms with Gasteiger partial charge in [-0.15, -0.1) is 0 Å². The van der Waals surface area contributed by atoms with E-state index in [0.29, 0.717) is 29.3 Å². The number of amides is 1. The first-order chi connectivity index (χ1) is 15.5. The Balaban J connectivity index is 1.83. The van der Waals surface area contributed by atoms with Crippen LogP contribution >= 0.6 is 0 Å². The van der Waals surface area contributed by atoms with Crippen molar-refractivity contribution in [1.82, 2.24) is 14.9 Å². The summed E-state index contributed by atoms with van der Waals surface area (Å²) in [5.41, 5.74) is 2.38. The average molecular weight is 429 g/mol. The number of carbonyl (C=O) groups excluding carboxylic acids is 2. The van der Waals surface area contributed by atoms with Gasteiger partial charge >= 0.3 is 0 Å². The molecule has 0 aliphatic carbocycles. The number of ketones is 1. The molecule has 1 unspecified atom stereocenters. The fourth-order valence-electron chi connectivity index (χ4n) is 3.82. The molecule has 1 N–H and O–H groups in total. The Labute approximate surface area is 186 Å². The van der Waals surface area contributed by atoms with E-state index in [1.165, 1.54) is 4.90 Å². The van der Waals surface area contributed by atoms with Crippen LogP contribution < -0.4 is 4.74 Å². The highest BCUT2D eigenvalue weighted by Gasteiger charge is 2.46. The van der Waals surface area contributed by atoms with Crippen molar-refractivity contribution in [3.8, 4) is 5.75 Å². The molecule has 0 bridgehead atoms. The van der Waals surface area contributed by atoms with Crippen LogP contribution in [0.4, 0.5) is 0 Å². The third-order valence-corrected chi connectivity index (χ3v) is 5.31. The number of ether oxygens (including phenoxy) is 1. The summed E-state index contributed by atoms with van der Waals surface area (Å²) in [5.74, 6) is -0.995. The van der Waals surface area contributed by atoms with Crippen molar-refractivity contribution in [2.24, 2.45) is 0 Å². The van der Waals surface area contributed by atoms with Gasteiger partial charge in [-0.3, -0.25) is 19.6 Å². The molecule has 3 heterocycles. The highest BCUT2D eigenvalue weighted by molar-refractivity contribution is 6.46. The largest absolute Gasteiger partial charge is 0.507 e. The van der Waals surface area contributed by atoms with Crippen molar-refractivity contribution in [1.29, 1.82) is 0 Å². The zero-order valence-corrected chi connectivity index (χ0v) is 17.9. The van der Waals surface area contributed by atoms with Gasteiger partial charge < -0.3 is 14.7 Å². The van der Waals surface area contributed by atoms with Gasteiger partial charge in [0.05, 0.1) is 30.1 Å². The number of aliphatic hydroxyl groups excluding tert-OH is 1. The maximum atomic E-state index is 13.1. The van der Waals surface area contributed by atoms with Gasteiger partial charge in [-0.05, 0) is 61.9 Å². The number of aromatic nitrogens is 2. The second-order valence-corrected chi connectivity index (χ2v) is 7.42. The predicted octanol–water partition coefficient (Wildman–Crippen LogP) is 3.81. The molecule has 0 saturated carbocycles. The number of likely N-dealkylation sites (tertiary alicyclic amines) is 1. The summed E-state index contributed by atoms with van der Waals surface area (Å²) in [6.07, 6.45) is 3.22. The molecule has 3 aromatic rings. The topological polar surface area (TPSA) is 92.6 Å². The molecular weight excluding hydrogens is 406 g/mol. The van der Waals surface area contributed by atoms with Crippen LogP contribution in [0.15, 0.2) is 72.6 Å². The van der Waals surface area contributed by atoms with Crippen LogP contribution in [0.3, 0.4) is 0 Å². The smallest absolute Gasteiger partial charge is 0.296 e. The average Bonchev–Trinajstić information content (AvgIpc) is 3.06. The first-order valence-electron chi connectivity index (χ1n) is 10.3. The first-order valence-corrected chi connectivity index (χ1v) is 10.3. The van der Waals surface area contributed by atoms with E-state index in [2.05, 4.69) is 9.97 Å². The zero-order chi connectivity index (χ0) is 22.7. The first kappa shape index (κ1) is 21.2. The van der Waals surface area contributed by atoms with Gasteiger partial charge in [-0.25, -0.2) is 0 Å². The van der Waals surface area contributed by atoms with E-state index in [9.17, 15) is 14.7 Å². The maximum Gasteiger partial charge on any atom is 0.296 e. The lowest BCUT2D eigenvalue weighted by Crippen LogP contribution is -2.29. The fraction of sp³-hybridized carbons (Fsp3) is 0.200. The molecular formula is C25H23N3O4. The van der Waals surface area contributed by atoms with Crippen LogP contribution in [0, 0.1) is 6.92 Å². The van der Waals surface area contributed by atoms with Crippen LogP contribution in [-0.4, -0.2) is 38.3 Å². The Morgan fingerprint density at radius 3 is 2.44 bits per heavy atom. The summed E-state index contributed by atoms with van der Waals surface area (Å²) in [7, 11) is 0. The molecule has 2 aromatic heterocycles. The molecule has 1 aromatic carbocycles. The molecule has 1 fully saturated rings. The third-order valence-electron chi connectivity index (χ3n) is 5.31. The van der Waals surface area contributed by atoms with Crippen LogP contribution in [0.5, 0.6) is 5.75 Å². The van der Waals surface area contributed by atoms with Crippen LogP contribution in [0.1, 0.15) is 35.5 Å². The summed E-state index contributed by atoms with van der Waals surface area (Å²) in [5, 5.41) is 11.2. The minimum Gasteiger partial charge on any atom is -0.507 e. The molecule has 7 heteroatoms. The maximum absolute atomic E-state index is 13.1. The van der Waals surface area contributed by atoms with Gasteiger partial charge in [0.2, 0.25) is 0 Å². The lowest BCUT2D eigenvalue weighted by atomic mass is 9.97. The molecule has 1 aliphatic heterocycles. The third kappa shape index (κ3) is 3.97. The Morgan fingerprint density at radius 1 is 1.06 bits per heavy atom. The number of benzene rings is 1. The Bertz CT molecular complexity index is 1180. The second kappa shape index (κ2) is 9.01. The Kier molecular flexibility index (Phi) is 5.98. The van der Waals surface area contributed by atoms with Gasteiger partial charge in [-0.1, -0.05) is 12.1 Å². The van der Waals surface area contributed by atoms with Crippen molar-refractivity contribution in [2.75, 3.05) is 6.61 Å². The highest BCUT2D eigenvalue weighted by atomic mass is 16.5. The summed E-state index contributed by atoms with van der Waals surface area (Å²) in [4.78, 5) is 36.1. The number of hydrogen-bond donors (Lipinski definition) is 1. The molecule has 32 heavy (non-hydrogen) atoms. The van der Waals surface area contributed by atoms with Crippen LogP contribution in [0.25, 0.3) is 5.76 Å². The van der Waals surface area contributed by atoms with Crippen LogP contribution in [0.2, 0.25) is 0 Å². The molecule has 0 spiro atoms. The van der Waals surface area contributed by atoms with Gasteiger partial charge in [-0.2, -0.15) is 0 Å². The van der Waals surface area contributed by atoms with Crippen molar-refractivity contribution in [2.45, 2.75) is 26.4 Å². The summed E-state index contributed by atoms with van der Waals surface area (Å²) >= 11 is 0. The quantitative estimate of drug-likeness (QED) is 0.364. The summed E-state index contributed by atoms with van der Waals surface area (Å²) in [6.45, 7) is 4.39. The molecule has 162 valence electrons. The molecule has 4 rings (SSSR count). The van der Waals surface area contributed by atoms with E-state index in [0.717, 1.165) is 5.56 Å². The highest BCUT2D eigenvalue weighted by Crippen LogP contribution is 2.39. The number of hydrogen-bond acceptors (Lipinski definition) is 6. The monoisotopic (exact) mass is 429 g/mol. The SMILES string of the molecule is CCOc1ccc(/C(O)=C2/C(=O)C(=O)N(Cc3ccccn3)C2c2ccccn2)cc1C. The van der Waals surface area contributed by atoms with Crippen LogP contribution in [-0.2, 0) is 16.1 Å². The number of pyridine rings is 2. The number of nitrogens with zero attached hydrogens (tertiary/aromatic N) is 3. The van der Waals surface area contributed by atoms with Crippen molar-refractivity contribution >= 4 is 17.4 Å². The normalized spacial score (nSPS) is 17.6. The molecule has 7 nitrogen and oxygen atoms in total. The number of carbonyl (C=O) groups is 2. The Hall–Kier alpha value is -4.00. The van der Waals surface area contributed by atoms with E-state index >= 15 is 0 Å². The van der Waals surface area contributed by atoms with Gasteiger partial charge in [0.15, 0.2) is 0 Å². The molecule has 0 radical (unpaired) electrons. The minimum absolute atomic E-state index is 0.00758. The number of Topliss-reactive ketones (excluding diaryl/α,β-unsaturated/α-hetero) is 1. The van der Waals surface area contributed by atoms with Crippen molar-refractivity contribution in [3.05, 3.63) is 95.1 Å². The molecule has 1 aliphatic rings. The van der Waals surface area contributed by atoms with Gasteiger partial charge in [0.25, 0.3) is 11.7 Å². The number of aliphatic hydroxyl groups is 1. The summed E-state index contributed by atoms with van der Waals surface area (Å²) in [6, 6.07) is 15.0. The van der Waals surface area contributed by atoms with E-state index in [1.807, 2.05) is 19.9 Å². The fourth-order valence-corrected chi connectivity index (χ4v) is 3.82. The Morgan fingerprint density at radius 2 is 1.81 bits per heavy atom. The van der Waals surface area contributed by atoms with E-state index in [4.69, 9.17) is 4.74 Å². The van der Waals surface area contributed by atoms with E-state index < -0.39 is 17.7 Å². The van der Waals surface area contributed by atoms with E-state index in [1.54, 1.807) is 60.9 Å². The molecule has 1 saturated heterocycles. The number of aryl methyl sites for hydroxylation is 1. The lowest BCUT2D eigenvalue weighted by molar-refractivity contribution is -0.140. The van der Waals surface area contributed by atoms with Crippen molar-refractivity contribution < 1.29 is 19.4 Å². The summed E-state index contributed by atoms with van der Waals surface area (Å²) < 4.78 is 5.57. The second-order valence-electron chi connectivity index (χ2n) is 7.42. The van der Waals surface area contributed by atoms with Gasteiger partial charge in [0.1, 0.15) is 17.6 Å². The molecule has 1 atom stereocenters. The van der Waals surface area contributed by atoms with Crippen molar-refractivity contribution in [3.63, 3.8) is 0 Å². The van der Waals surface area contributed by atoms with Gasteiger partial charge in [0, 0.05) is 18.0 Å². The minimum atomic E-state index is -0.829. The molecule has 1 amide bonds. The standard InChI is InChI=1S/C25H23N3O4/c1-3-32-20-11-10-17(14-16(20)2)23(29)21-22(19-9-5-7-13-27-19)28(25(31)24(21)30)15-18-8-4-6-12-26-18/h4-14,22,29H,3,15H2,1-2H3/b23-21-.